The van der Waals surface area contributed by atoms with Gasteiger partial charge < -0.3 is 5.32 Å². The molecule has 2 heteroatoms. The monoisotopic (exact) mass is 286 g/mol. The first-order valence-electron chi connectivity index (χ1n) is 8.78. The van der Waals surface area contributed by atoms with Crippen LogP contribution in [0.15, 0.2) is 24.3 Å². The molecule has 1 fully saturated rings. The van der Waals surface area contributed by atoms with Crippen molar-refractivity contribution in [2.75, 3.05) is 7.05 Å². The van der Waals surface area contributed by atoms with Crippen molar-refractivity contribution < 1.29 is 0 Å². The van der Waals surface area contributed by atoms with Gasteiger partial charge in [-0.1, -0.05) is 31.2 Å². The maximum atomic E-state index is 3.65. The van der Waals surface area contributed by atoms with Crippen molar-refractivity contribution in [2.24, 2.45) is 0 Å². The SMILES string of the molecule is CCC1CCC(C)N1C1CCCc2ccccc2C1NC. The molecule has 1 heterocycles. The van der Waals surface area contributed by atoms with Crippen LogP contribution in [-0.2, 0) is 6.42 Å². The molecule has 1 aromatic carbocycles. The van der Waals surface area contributed by atoms with Crippen molar-refractivity contribution in [1.29, 1.82) is 0 Å². The van der Waals surface area contributed by atoms with Gasteiger partial charge in [-0.25, -0.2) is 0 Å². The van der Waals surface area contributed by atoms with Gasteiger partial charge >= 0.3 is 0 Å². The van der Waals surface area contributed by atoms with Crippen molar-refractivity contribution >= 4 is 0 Å². The molecule has 1 aliphatic heterocycles. The molecule has 1 aromatic rings. The average Bonchev–Trinajstić information content (AvgIpc) is 2.78. The Balaban J connectivity index is 1.94. The van der Waals surface area contributed by atoms with Gasteiger partial charge in [0.15, 0.2) is 0 Å². The van der Waals surface area contributed by atoms with Crippen LogP contribution in [0.2, 0.25) is 0 Å². The van der Waals surface area contributed by atoms with E-state index in [0.29, 0.717) is 12.1 Å². The summed E-state index contributed by atoms with van der Waals surface area (Å²) in [4.78, 5) is 2.85. The Kier molecular flexibility index (Phi) is 4.66. The Morgan fingerprint density at radius 1 is 1.19 bits per heavy atom. The fourth-order valence-electron chi connectivity index (χ4n) is 4.71. The number of hydrogen-bond donors (Lipinski definition) is 1. The van der Waals surface area contributed by atoms with Crippen LogP contribution in [0.25, 0.3) is 0 Å². The van der Waals surface area contributed by atoms with Gasteiger partial charge in [0.2, 0.25) is 0 Å². The molecule has 3 rings (SSSR count). The van der Waals surface area contributed by atoms with Crippen molar-refractivity contribution in [2.45, 2.75) is 76.5 Å². The van der Waals surface area contributed by atoms with Crippen molar-refractivity contribution in [1.82, 2.24) is 10.2 Å². The molecule has 116 valence electrons. The molecule has 0 aromatic heterocycles. The molecule has 0 bridgehead atoms. The summed E-state index contributed by atoms with van der Waals surface area (Å²) >= 11 is 0. The highest BCUT2D eigenvalue weighted by atomic mass is 15.3. The van der Waals surface area contributed by atoms with E-state index in [1.807, 2.05) is 0 Å². The molecule has 2 nitrogen and oxygen atoms in total. The summed E-state index contributed by atoms with van der Waals surface area (Å²) in [5.74, 6) is 0. The normalized spacial score (nSPS) is 33.7. The van der Waals surface area contributed by atoms with E-state index in [2.05, 4.69) is 55.4 Å². The third-order valence-electron chi connectivity index (χ3n) is 5.73. The Bertz CT molecular complexity index is 470. The molecule has 0 radical (unpaired) electrons. The van der Waals surface area contributed by atoms with Gasteiger partial charge in [0.1, 0.15) is 0 Å². The second-order valence-electron chi connectivity index (χ2n) is 6.86. The fourth-order valence-corrected chi connectivity index (χ4v) is 4.71. The van der Waals surface area contributed by atoms with Crippen molar-refractivity contribution in [3.8, 4) is 0 Å². The van der Waals surface area contributed by atoms with Gasteiger partial charge in [0.25, 0.3) is 0 Å². The minimum atomic E-state index is 0.485. The Labute approximate surface area is 129 Å². The van der Waals surface area contributed by atoms with E-state index in [1.165, 1.54) is 44.1 Å². The van der Waals surface area contributed by atoms with Gasteiger partial charge in [-0.05, 0) is 63.6 Å². The van der Waals surface area contributed by atoms with Gasteiger partial charge in [-0.3, -0.25) is 4.90 Å². The van der Waals surface area contributed by atoms with Crippen LogP contribution < -0.4 is 5.32 Å². The number of likely N-dealkylation sites (tertiary alicyclic amines) is 1. The second kappa shape index (κ2) is 6.50. The lowest BCUT2D eigenvalue weighted by molar-refractivity contribution is 0.0985. The summed E-state index contributed by atoms with van der Waals surface area (Å²) in [5.41, 5.74) is 3.09. The largest absolute Gasteiger partial charge is 0.312 e. The average molecular weight is 286 g/mol. The summed E-state index contributed by atoms with van der Waals surface area (Å²) in [5, 5.41) is 3.65. The Hall–Kier alpha value is -0.860. The predicted molar refractivity (Wildman–Crippen MR) is 89.6 cm³/mol. The molecule has 4 unspecified atom stereocenters. The fraction of sp³-hybridized carbons (Fsp3) is 0.684. The van der Waals surface area contributed by atoms with Crippen LogP contribution in [0.4, 0.5) is 0 Å². The number of fused-ring (bicyclic) bond motifs is 1. The zero-order valence-corrected chi connectivity index (χ0v) is 13.8. The molecule has 21 heavy (non-hydrogen) atoms. The lowest BCUT2D eigenvalue weighted by atomic mass is 9.94. The van der Waals surface area contributed by atoms with Crippen LogP contribution in [0.3, 0.4) is 0 Å². The number of rotatable bonds is 3. The highest BCUT2D eigenvalue weighted by molar-refractivity contribution is 5.32. The van der Waals surface area contributed by atoms with E-state index in [0.717, 1.165) is 12.1 Å². The minimum absolute atomic E-state index is 0.485. The zero-order chi connectivity index (χ0) is 14.8. The zero-order valence-electron chi connectivity index (χ0n) is 13.8. The van der Waals surface area contributed by atoms with Gasteiger partial charge in [-0.2, -0.15) is 0 Å². The molecule has 0 saturated carbocycles. The summed E-state index contributed by atoms with van der Waals surface area (Å²) in [6, 6.07) is 11.7. The topological polar surface area (TPSA) is 15.3 Å². The number of benzene rings is 1. The van der Waals surface area contributed by atoms with Crippen LogP contribution in [0.5, 0.6) is 0 Å². The quantitative estimate of drug-likeness (QED) is 0.847. The maximum absolute atomic E-state index is 3.65. The first kappa shape index (κ1) is 15.1. The summed E-state index contributed by atoms with van der Waals surface area (Å²) in [7, 11) is 2.14. The first-order chi connectivity index (χ1) is 10.3. The molecule has 0 amide bonds. The molecule has 1 N–H and O–H groups in total. The van der Waals surface area contributed by atoms with E-state index in [1.54, 1.807) is 5.56 Å². The number of nitrogens with one attached hydrogen (secondary N) is 1. The van der Waals surface area contributed by atoms with E-state index < -0.39 is 0 Å². The van der Waals surface area contributed by atoms with Crippen LogP contribution >= 0.6 is 0 Å². The standard InChI is InChI=1S/C19H30N2/c1-4-16-13-12-14(2)21(16)18-11-7-9-15-8-5-6-10-17(15)19(18)20-3/h5-6,8,10,14,16,18-20H,4,7,9,11-13H2,1-3H3. The van der Waals surface area contributed by atoms with Crippen LogP contribution in [-0.4, -0.2) is 30.1 Å². The molecule has 1 aliphatic carbocycles. The molecule has 1 saturated heterocycles. The minimum Gasteiger partial charge on any atom is -0.312 e. The van der Waals surface area contributed by atoms with Crippen LogP contribution in [0.1, 0.15) is 63.1 Å². The van der Waals surface area contributed by atoms with E-state index in [-0.39, 0.29) is 0 Å². The summed E-state index contributed by atoms with van der Waals surface area (Å²) in [6.07, 6.45) is 7.92. The van der Waals surface area contributed by atoms with E-state index >= 15 is 0 Å². The van der Waals surface area contributed by atoms with E-state index in [9.17, 15) is 0 Å². The number of nitrogens with zero attached hydrogens (tertiary/aromatic N) is 1. The van der Waals surface area contributed by atoms with Crippen molar-refractivity contribution in [3.05, 3.63) is 35.4 Å². The molecule has 2 aliphatic rings. The van der Waals surface area contributed by atoms with E-state index in [4.69, 9.17) is 0 Å². The number of hydrogen-bond acceptors (Lipinski definition) is 2. The number of likely N-dealkylation sites (N-methyl/N-ethyl adjacent to an activating group) is 1. The summed E-state index contributed by atoms with van der Waals surface area (Å²) < 4.78 is 0. The Morgan fingerprint density at radius 2 is 2.00 bits per heavy atom. The maximum Gasteiger partial charge on any atom is 0.0478 e. The van der Waals surface area contributed by atoms with Crippen LogP contribution in [0, 0.1) is 0 Å². The second-order valence-corrected chi connectivity index (χ2v) is 6.86. The third kappa shape index (κ3) is 2.76. The molecule has 0 spiro atoms. The van der Waals surface area contributed by atoms with Gasteiger partial charge in [-0.15, -0.1) is 0 Å². The highest BCUT2D eigenvalue weighted by Gasteiger charge is 2.39. The third-order valence-corrected chi connectivity index (χ3v) is 5.73. The lowest BCUT2D eigenvalue weighted by Gasteiger charge is -2.40. The lowest BCUT2D eigenvalue weighted by Crippen LogP contribution is -2.48. The predicted octanol–water partition coefficient (Wildman–Crippen LogP) is 3.91. The first-order valence-corrected chi connectivity index (χ1v) is 8.78. The molecular formula is C19H30N2. The Morgan fingerprint density at radius 3 is 2.76 bits per heavy atom. The highest BCUT2D eigenvalue weighted by Crippen LogP contribution is 2.38. The van der Waals surface area contributed by atoms with Crippen molar-refractivity contribution in [3.63, 3.8) is 0 Å². The van der Waals surface area contributed by atoms with Gasteiger partial charge in [0, 0.05) is 24.2 Å². The smallest absolute Gasteiger partial charge is 0.0478 e. The molecular weight excluding hydrogens is 256 g/mol. The molecule has 4 atom stereocenters. The number of aryl methyl sites for hydroxylation is 1. The van der Waals surface area contributed by atoms with Gasteiger partial charge in [0.05, 0.1) is 0 Å². The summed E-state index contributed by atoms with van der Waals surface area (Å²) in [6.45, 7) is 4.79.